The molecule has 0 heterocycles. The Morgan fingerprint density at radius 3 is 2.22 bits per heavy atom. The van der Waals surface area contributed by atoms with Crippen LogP contribution in [0.4, 0.5) is 5.69 Å². The highest BCUT2D eigenvalue weighted by Crippen LogP contribution is 2.16. The number of hydrogen-bond acceptors (Lipinski definition) is 1. The van der Waals surface area contributed by atoms with Crippen LogP contribution in [0.5, 0.6) is 0 Å². The van der Waals surface area contributed by atoms with Gasteiger partial charge in [0.05, 0.1) is 0 Å². The van der Waals surface area contributed by atoms with Crippen molar-refractivity contribution < 1.29 is 4.79 Å². The summed E-state index contributed by atoms with van der Waals surface area (Å²) in [6, 6.07) is 19.5. The van der Waals surface area contributed by atoms with Gasteiger partial charge in [0.1, 0.15) is 0 Å². The van der Waals surface area contributed by atoms with Gasteiger partial charge in [-0.3, -0.25) is 4.79 Å². The first-order chi connectivity index (χ1) is 11.1. The summed E-state index contributed by atoms with van der Waals surface area (Å²) in [6.45, 7) is 4.32. The van der Waals surface area contributed by atoms with E-state index in [9.17, 15) is 4.79 Å². The van der Waals surface area contributed by atoms with Gasteiger partial charge in [-0.1, -0.05) is 62.1 Å². The van der Waals surface area contributed by atoms with Crippen LogP contribution in [0.1, 0.15) is 32.3 Å². The minimum atomic E-state index is 0.0178. The summed E-state index contributed by atoms with van der Waals surface area (Å²) in [4.78, 5) is 12.2. The minimum Gasteiger partial charge on any atom is -0.326 e. The molecule has 2 aromatic carbocycles. The van der Waals surface area contributed by atoms with Crippen LogP contribution in [0, 0.1) is 23.7 Å². The van der Waals surface area contributed by atoms with Crippen LogP contribution in [-0.4, -0.2) is 5.91 Å². The molecule has 2 rings (SSSR count). The molecule has 1 atom stereocenters. The molecule has 1 N–H and O–H groups in total. The second-order valence-electron chi connectivity index (χ2n) is 6.08. The highest BCUT2D eigenvalue weighted by molar-refractivity contribution is 5.91. The van der Waals surface area contributed by atoms with Crippen LogP contribution in [0.3, 0.4) is 0 Å². The van der Waals surface area contributed by atoms with Crippen molar-refractivity contribution in [2.24, 2.45) is 11.8 Å². The fourth-order valence-electron chi connectivity index (χ4n) is 2.43. The van der Waals surface area contributed by atoms with Gasteiger partial charge in [-0.25, -0.2) is 0 Å². The van der Waals surface area contributed by atoms with Gasteiger partial charge in [-0.15, -0.1) is 0 Å². The smallest absolute Gasteiger partial charge is 0.225 e. The van der Waals surface area contributed by atoms with Crippen LogP contribution in [0.15, 0.2) is 60.7 Å². The van der Waals surface area contributed by atoms with E-state index in [0.717, 1.165) is 17.7 Å². The predicted octanol–water partition coefficient (Wildman–Crippen LogP) is 4.73. The van der Waals surface area contributed by atoms with Crippen molar-refractivity contribution in [1.29, 1.82) is 0 Å². The maximum absolute atomic E-state index is 12.2. The summed E-state index contributed by atoms with van der Waals surface area (Å²) >= 11 is 0. The van der Waals surface area contributed by atoms with Gasteiger partial charge in [0.15, 0.2) is 0 Å². The summed E-state index contributed by atoms with van der Waals surface area (Å²) in [7, 11) is 0. The molecule has 0 bridgehead atoms. The Hall–Kier alpha value is -2.53. The molecule has 2 heteroatoms. The fourth-order valence-corrected chi connectivity index (χ4v) is 2.43. The number of rotatable bonds is 5. The average molecular weight is 305 g/mol. The summed E-state index contributed by atoms with van der Waals surface area (Å²) in [6.07, 6.45) is 1.34. The Balaban J connectivity index is 2.01. The second-order valence-corrected chi connectivity index (χ2v) is 6.08. The van der Waals surface area contributed by atoms with E-state index < -0.39 is 0 Å². The van der Waals surface area contributed by atoms with Crippen molar-refractivity contribution in [2.45, 2.75) is 26.7 Å². The standard InChI is InChI=1S/C21H23NO/c1-17(2)15-19(14-13-18-9-5-3-6-10-18)16-21(23)22-20-11-7-4-8-12-20/h3-12,17,19H,15-16H2,1-2H3,(H,22,23)/t19-/m1/s1. The average Bonchev–Trinajstić information content (AvgIpc) is 2.54. The maximum atomic E-state index is 12.2. The van der Waals surface area contributed by atoms with E-state index in [2.05, 4.69) is 31.0 Å². The lowest BCUT2D eigenvalue weighted by Gasteiger charge is -2.13. The number of benzene rings is 2. The van der Waals surface area contributed by atoms with Crippen LogP contribution in [-0.2, 0) is 4.79 Å². The van der Waals surface area contributed by atoms with Gasteiger partial charge in [0, 0.05) is 23.6 Å². The molecule has 1 amide bonds. The van der Waals surface area contributed by atoms with Crippen LogP contribution in [0.2, 0.25) is 0 Å². The molecule has 0 radical (unpaired) electrons. The van der Waals surface area contributed by atoms with Crippen molar-refractivity contribution in [1.82, 2.24) is 0 Å². The molecular weight excluding hydrogens is 282 g/mol. The largest absolute Gasteiger partial charge is 0.326 e. The quantitative estimate of drug-likeness (QED) is 0.795. The lowest BCUT2D eigenvalue weighted by molar-refractivity contribution is -0.116. The van der Waals surface area contributed by atoms with Gasteiger partial charge in [-0.2, -0.15) is 0 Å². The predicted molar refractivity (Wildman–Crippen MR) is 96.0 cm³/mol. The molecule has 2 nitrogen and oxygen atoms in total. The second kappa shape index (κ2) is 8.80. The Labute approximate surface area is 138 Å². The number of anilines is 1. The molecule has 0 spiro atoms. The number of hydrogen-bond donors (Lipinski definition) is 1. The molecule has 0 aliphatic heterocycles. The SMILES string of the molecule is CC(C)C[C@@H](C#Cc1ccccc1)CC(=O)Nc1ccccc1. The topological polar surface area (TPSA) is 29.1 Å². The molecule has 23 heavy (non-hydrogen) atoms. The van der Waals surface area contributed by atoms with Crippen LogP contribution < -0.4 is 5.32 Å². The lowest BCUT2D eigenvalue weighted by Crippen LogP contribution is -2.17. The van der Waals surface area contributed by atoms with Crippen molar-refractivity contribution in [3.8, 4) is 11.8 Å². The van der Waals surface area contributed by atoms with Crippen LogP contribution in [0.25, 0.3) is 0 Å². The first-order valence-electron chi connectivity index (χ1n) is 8.05. The number of carbonyl (C=O) groups is 1. The number of amides is 1. The van der Waals surface area contributed by atoms with Gasteiger partial charge in [-0.05, 0) is 36.6 Å². The van der Waals surface area contributed by atoms with E-state index in [1.807, 2.05) is 60.7 Å². The molecule has 0 fully saturated rings. The van der Waals surface area contributed by atoms with Crippen molar-refractivity contribution in [2.75, 3.05) is 5.32 Å². The fraction of sp³-hybridized carbons (Fsp3) is 0.286. The summed E-state index contributed by atoms with van der Waals surface area (Å²) in [5, 5.41) is 2.94. The zero-order chi connectivity index (χ0) is 16.5. The zero-order valence-corrected chi connectivity index (χ0v) is 13.8. The Morgan fingerprint density at radius 2 is 1.61 bits per heavy atom. The van der Waals surface area contributed by atoms with Gasteiger partial charge >= 0.3 is 0 Å². The summed E-state index contributed by atoms with van der Waals surface area (Å²) in [5.41, 5.74) is 1.82. The molecule has 118 valence electrons. The van der Waals surface area contributed by atoms with E-state index >= 15 is 0 Å². The van der Waals surface area contributed by atoms with E-state index in [1.165, 1.54) is 0 Å². The normalized spacial score (nSPS) is 11.4. The van der Waals surface area contributed by atoms with Crippen LogP contribution >= 0.6 is 0 Å². The van der Waals surface area contributed by atoms with E-state index in [4.69, 9.17) is 0 Å². The molecule has 2 aromatic rings. The van der Waals surface area contributed by atoms with E-state index in [-0.39, 0.29) is 11.8 Å². The zero-order valence-electron chi connectivity index (χ0n) is 13.8. The first-order valence-corrected chi connectivity index (χ1v) is 8.05. The number of para-hydroxylation sites is 1. The lowest BCUT2D eigenvalue weighted by atomic mass is 9.94. The minimum absolute atomic E-state index is 0.0178. The number of nitrogens with one attached hydrogen (secondary N) is 1. The number of carbonyl (C=O) groups excluding carboxylic acids is 1. The summed E-state index contributed by atoms with van der Waals surface area (Å²) < 4.78 is 0. The van der Waals surface area contributed by atoms with Gasteiger partial charge in [0.2, 0.25) is 5.91 Å². The Bertz CT molecular complexity index is 665. The molecule has 0 aromatic heterocycles. The molecule has 0 aliphatic rings. The van der Waals surface area contributed by atoms with Gasteiger partial charge in [0.25, 0.3) is 0 Å². The molecule has 0 saturated heterocycles. The van der Waals surface area contributed by atoms with Crippen molar-refractivity contribution in [3.63, 3.8) is 0 Å². The van der Waals surface area contributed by atoms with E-state index in [1.54, 1.807) is 0 Å². The third kappa shape index (κ3) is 6.40. The Kier molecular flexibility index (Phi) is 6.44. The van der Waals surface area contributed by atoms with Gasteiger partial charge < -0.3 is 5.32 Å². The molecule has 0 aliphatic carbocycles. The maximum Gasteiger partial charge on any atom is 0.225 e. The third-order valence-corrected chi connectivity index (χ3v) is 3.44. The van der Waals surface area contributed by atoms with Crippen molar-refractivity contribution in [3.05, 3.63) is 66.2 Å². The Morgan fingerprint density at radius 1 is 1.00 bits per heavy atom. The van der Waals surface area contributed by atoms with E-state index in [0.29, 0.717) is 12.3 Å². The molecule has 0 unspecified atom stereocenters. The highest BCUT2D eigenvalue weighted by atomic mass is 16.1. The summed E-state index contributed by atoms with van der Waals surface area (Å²) in [5.74, 6) is 7.06. The van der Waals surface area contributed by atoms with Crippen molar-refractivity contribution >= 4 is 11.6 Å². The highest BCUT2D eigenvalue weighted by Gasteiger charge is 2.13. The monoisotopic (exact) mass is 305 g/mol. The molecule has 0 saturated carbocycles. The third-order valence-electron chi connectivity index (χ3n) is 3.44. The first kappa shape index (κ1) is 16.8. The molecular formula is C21H23NO.